The summed E-state index contributed by atoms with van der Waals surface area (Å²) < 4.78 is 44.6. The Morgan fingerprint density at radius 2 is 1.71 bits per heavy atom. The highest BCUT2D eigenvalue weighted by molar-refractivity contribution is 6.34. The predicted molar refractivity (Wildman–Crippen MR) is 156 cm³/mol. The lowest BCUT2D eigenvalue weighted by molar-refractivity contribution is -0.137. The van der Waals surface area contributed by atoms with E-state index >= 15 is 0 Å². The van der Waals surface area contributed by atoms with Crippen molar-refractivity contribution in [2.75, 3.05) is 0 Å². The fraction of sp³-hybridized carbons (Fsp3) is 0.0938. The molecule has 1 heterocycles. The minimum Gasteiger partial charge on any atom is -0.422 e. The molecule has 10 heteroatoms. The average Bonchev–Trinajstić information content (AvgIpc) is 3.37. The molecule has 0 spiro atoms. The highest BCUT2D eigenvalue weighted by Gasteiger charge is 2.31. The number of para-hydroxylation sites is 2. The van der Waals surface area contributed by atoms with Crippen LogP contribution >= 0.6 is 11.6 Å². The van der Waals surface area contributed by atoms with Gasteiger partial charge in [-0.3, -0.25) is 4.79 Å². The topological polar surface area (TPSA) is 83.5 Å². The van der Waals surface area contributed by atoms with Crippen LogP contribution in [-0.4, -0.2) is 23.1 Å². The van der Waals surface area contributed by atoms with Gasteiger partial charge in [0.25, 0.3) is 5.91 Å². The molecule has 4 aromatic carbocycles. The number of aromatic nitrogens is 1. The second-order valence-corrected chi connectivity index (χ2v) is 9.66. The van der Waals surface area contributed by atoms with Gasteiger partial charge in [-0.2, -0.15) is 18.3 Å². The molecule has 5 aromatic rings. The molecule has 0 fully saturated rings. The summed E-state index contributed by atoms with van der Waals surface area (Å²) >= 11 is 6.51. The molecular formula is C32H23ClF3N3O3. The Morgan fingerprint density at radius 1 is 0.976 bits per heavy atom. The number of rotatable bonds is 7. The molecule has 42 heavy (non-hydrogen) atoms. The summed E-state index contributed by atoms with van der Waals surface area (Å²) in [5.74, 6) is -1.45. The predicted octanol–water partition coefficient (Wildman–Crippen LogP) is 8.05. The quantitative estimate of drug-likeness (QED) is 0.0872. The van der Waals surface area contributed by atoms with Crippen LogP contribution in [-0.2, 0) is 12.6 Å². The second-order valence-electron chi connectivity index (χ2n) is 9.25. The van der Waals surface area contributed by atoms with E-state index in [9.17, 15) is 22.8 Å². The van der Waals surface area contributed by atoms with Crippen molar-refractivity contribution < 1.29 is 27.5 Å². The number of aryl methyl sites for hydroxylation is 1. The fourth-order valence-electron chi connectivity index (χ4n) is 4.56. The number of nitrogens with zero attached hydrogens (tertiary/aromatic N) is 1. The van der Waals surface area contributed by atoms with Crippen LogP contribution in [0.3, 0.4) is 0 Å². The Morgan fingerprint density at radius 3 is 2.48 bits per heavy atom. The number of halogens is 4. The average molecular weight is 590 g/mol. The first-order valence-electron chi connectivity index (χ1n) is 12.9. The number of aromatic amines is 1. The third kappa shape index (κ3) is 5.91. The fourth-order valence-corrected chi connectivity index (χ4v) is 4.79. The Hall–Kier alpha value is -4.89. The van der Waals surface area contributed by atoms with Gasteiger partial charge in [0.1, 0.15) is 11.4 Å². The standard InChI is InChI=1S/C32H23ClF3N3O3/c1-2-19-10-8-14-24-27(23-13-4-5-15-25(23)33)29(38-28(19)24)30(40)39-37-18-21-9-3-6-16-26(21)42-31(41)20-11-7-12-22(17-20)32(34,35)36/h3-18,38H,2H2,1H3,(H,39,40). The molecule has 212 valence electrons. The van der Waals surface area contributed by atoms with Gasteiger partial charge < -0.3 is 9.72 Å². The van der Waals surface area contributed by atoms with Gasteiger partial charge in [-0.1, -0.05) is 73.1 Å². The second kappa shape index (κ2) is 11.9. The van der Waals surface area contributed by atoms with E-state index in [-0.39, 0.29) is 17.0 Å². The number of H-pyrrole nitrogens is 1. The normalized spacial score (nSPS) is 11.6. The molecule has 0 unspecified atom stereocenters. The molecule has 0 bridgehead atoms. The number of hydrogen-bond acceptors (Lipinski definition) is 4. The smallest absolute Gasteiger partial charge is 0.416 e. The third-order valence-electron chi connectivity index (χ3n) is 6.59. The molecule has 5 rings (SSSR count). The summed E-state index contributed by atoms with van der Waals surface area (Å²) in [7, 11) is 0. The Labute approximate surface area is 243 Å². The van der Waals surface area contributed by atoms with E-state index in [1.54, 1.807) is 30.3 Å². The third-order valence-corrected chi connectivity index (χ3v) is 6.92. The molecule has 1 amide bonds. The zero-order valence-corrected chi connectivity index (χ0v) is 22.9. The molecule has 2 N–H and O–H groups in total. The van der Waals surface area contributed by atoms with Gasteiger partial charge in [0.15, 0.2) is 0 Å². The van der Waals surface area contributed by atoms with Crippen molar-refractivity contribution in [1.29, 1.82) is 0 Å². The summed E-state index contributed by atoms with van der Waals surface area (Å²) in [5, 5.41) is 5.37. The van der Waals surface area contributed by atoms with E-state index < -0.39 is 23.6 Å². The minimum absolute atomic E-state index is 0.0490. The highest BCUT2D eigenvalue weighted by atomic mass is 35.5. The zero-order valence-electron chi connectivity index (χ0n) is 22.1. The number of ether oxygens (including phenoxy) is 1. The largest absolute Gasteiger partial charge is 0.422 e. The van der Waals surface area contributed by atoms with Crippen molar-refractivity contribution in [2.45, 2.75) is 19.5 Å². The monoisotopic (exact) mass is 589 g/mol. The van der Waals surface area contributed by atoms with Crippen LogP contribution in [0.4, 0.5) is 13.2 Å². The van der Waals surface area contributed by atoms with Crippen molar-refractivity contribution >= 4 is 40.6 Å². The van der Waals surface area contributed by atoms with Gasteiger partial charge in [-0.15, -0.1) is 0 Å². The summed E-state index contributed by atoms with van der Waals surface area (Å²) in [6.07, 6.45) is -2.58. The van der Waals surface area contributed by atoms with E-state index in [0.717, 1.165) is 41.1 Å². The van der Waals surface area contributed by atoms with Gasteiger partial charge in [-0.05, 0) is 48.4 Å². The van der Waals surface area contributed by atoms with Crippen molar-refractivity contribution in [3.63, 3.8) is 0 Å². The summed E-state index contributed by atoms with van der Waals surface area (Å²) in [4.78, 5) is 29.3. The molecule has 0 aliphatic heterocycles. The number of nitrogens with one attached hydrogen (secondary N) is 2. The van der Waals surface area contributed by atoms with Gasteiger partial charge in [-0.25, -0.2) is 10.2 Å². The number of hydrogen-bond donors (Lipinski definition) is 2. The lowest BCUT2D eigenvalue weighted by atomic mass is 9.99. The molecular weight excluding hydrogens is 567 g/mol. The van der Waals surface area contributed by atoms with Crippen LogP contribution in [0.15, 0.2) is 96.1 Å². The molecule has 0 atom stereocenters. The van der Waals surface area contributed by atoms with E-state index in [0.29, 0.717) is 21.7 Å². The lowest BCUT2D eigenvalue weighted by Crippen LogP contribution is -2.19. The van der Waals surface area contributed by atoms with E-state index in [4.69, 9.17) is 16.3 Å². The minimum atomic E-state index is -4.60. The maximum atomic E-state index is 13.4. The number of alkyl halides is 3. The maximum Gasteiger partial charge on any atom is 0.416 e. The molecule has 0 saturated heterocycles. The SMILES string of the molecule is CCc1cccc2c(-c3ccccc3Cl)c(C(=O)NN=Cc3ccccc3OC(=O)c3cccc(C(F)(F)F)c3)[nH]c12. The van der Waals surface area contributed by atoms with Crippen LogP contribution in [0.25, 0.3) is 22.0 Å². The number of benzene rings is 4. The Bertz CT molecular complexity index is 1830. The Balaban J connectivity index is 1.41. The van der Waals surface area contributed by atoms with Crippen molar-refractivity contribution in [2.24, 2.45) is 5.10 Å². The van der Waals surface area contributed by atoms with Crippen LogP contribution in [0, 0.1) is 0 Å². The summed E-state index contributed by atoms with van der Waals surface area (Å²) in [6.45, 7) is 2.02. The van der Waals surface area contributed by atoms with E-state index in [1.807, 2.05) is 37.3 Å². The van der Waals surface area contributed by atoms with Crippen molar-refractivity contribution in [3.05, 3.63) is 124 Å². The van der Waals surface area contributed by atoms with Crippen molar-refractivity contribution in [3.8, 4) is 16.9 Å². The van der Waals surface area contributed by atoms with E-state index in [1.165, 1.54) is 18.3 Å². The van der Waals surface area contributed by atoms with Crippen LogP contribution in [0.5, 0.6) is 5.75 Å². The molecule has 1 aromatic heterocycles. The van der Waals surface area contributed by atoms with Gasteiger partial charge in [0.2, 0.25) is 0 Å². The molecule has 0 aliphatic rings. The first-order chi connectivity index (χ1) is 20.2. The van der Waals surface area contributed by atoms with Gasteiger partial charge in [0, 0.05) is 32.6 Å². The van der Waals surface area contributed by atoms with Crippen LogP contribution in [0.2, 0.25) is 5.02 Å². The zero-order chi connectivity index (χ0) is 29.9. The summed E-state index contributed by atoms with van der Waals surface area (Å²) in [6, 6.07) is 23.3. The van der Waals surface area contributed by atoms with Crippen LogP contribution < -0.4 is 10.2 Å². The number of hydrazone groups is 1. The van der Waals surface area contributed by atoms with Gasteiger partial charge in [0.05, 0.1) is 17.3 Å². The summed E-state index contributed by atoms with van der Waals surface area (Å²) in [5.41, 5.74) is 5.01. The number of esters is 1. The lowest BCUT2D eigenvalue weighted by Gasteiger charge is -2.10. The van der Waals surface area contributed by atoms with E-state index in [2.05, 4.69) is 15.5 Å². The Kier molecular flexibility index (Phi) is 8.13. The number of carbonyl (C=O) groups is 2. The first-order valence-corrected chi connectivity index (χ1v) is 13.3. The highest BCUT2D eigenvalue weighted by Crippen LogP contribution is 2.38. The molecule has 6 nitrogen and oxygen atoms in total. The van der Waals surface area contributed by atoms with Crippen molar-refractivity contribution in [1.82, 2.24) is 10.4 Å². The first kappa shape index (κ1) is 28.6. The number of amides is 1. The number of fused-ring (bicyclic) bond motifs is 1. The maximum absolute atomic E-state index is 13.4. The van der Waals surface area contributed by atoms with Gasteiger partial charge >= 0.3 is 12.1 Å². The molecule has 0 saturated carbocycles. The number of carbonyl (C=O) groups excluding carboxylic acids is 2. The molecule has 0 aliphatic carbocycles. The molecule has 0 radical (unpaired) electrons. The van der Waals surface area contributed by atoms with Crippen LogP contribution in [0.1, 0.15) is 44.5 Å².